The van der Waals surface area contributed by atoms with E-state index in [9.17, 15) is 17.6 Å². The van der Waals surface area contributed by atoms with E-state index in [0.29, 0.717) is 5.56 Å². The molecule has 2 aromatic carbocycles. The second-order valence-electron chi connectivity index (χ2n) is 4.75. The fourth-order valence-electron chi connectivity index (χ4n) is 1.79. The van der Waals surface area contributed by atoms with Crippen molar-refractivity contribution in [1.29, 1.82) is 0 Å². The predicted molar refractivity (Wildman–Crippen MR) is 82.4 cm³/mol. The van der Waals surface area contributed by atoms with Crippen LogP contribution in [-0.2, 0) is 26.2 Å². The first-order chi connectivity index (χ1) is 11.0. The number of esters is 1. The molecular formula is C16H16FNO4S. The standard InChI is InChI=1S/C16H16FNO4S/c17-14-8-6-13(7-9-14)12-22-16(19)10-11-18-23(20,21)15-4-2-1-3-5-15/h1-9,18H,10-12H2. The van der Waals surface area contributed by atoms with E-state index < -0.39 is 16.0 Å². The van der Waals surface area contributed by atoms with E-state index in [1.165, 1.54) is 36.4 Å². The summed E-state index contributed by atoms with van der Waals surface area (Å²) in [6.07, 6.45) is -0.0900. The third-order valence-electron chi connectivity index (χ3n) is 2.99. The van der Waals surface area contributed by atoms with Crippen LogP contribution in [-0.4, -0.2) is 20.9 Å². The Morgan fingerprint density at radius 2 is 1.70 bits per heavy atom. The monoisotopic (exact) mass is 337 g/mol. The van der Waals surface area contributed by atoms with Crippen LogP contribution in [0.4, 0.5) is 4.39 Å². The number of hydrogen-bond acceptors (Lipinski definition) is 4. The number of nitrogens with one attached hydrogen (secondary N) is 1. The Balaban J connectivity index is 1.75. The fourth-order valence-corrected chi connectivity index (χ4v) is 2.84. The molecule has 0 spiro atoms. The summed E-state index contributed by atoms with van der Waals surface area (Å²) in [6.45, 7) is -0.0377. The average Bonchev–Trinajstić information content (AvgIpc) is 2.55. The fraction of sp³-hybridized carbons (Fsp3) is 0.188. The lowest BCUT2D eigenvalue weighted by Gasteiger charge is -2.07. The number of benzene rings is 2. The van der Waals surface area contributed by atoms with Crippen molar-refractivity contribution in [3.8, 4) is 0 Å². The van der Waals surface area contributed by atoms with Crippen molar-refractivity contribution in [3.63, 3.8) is 0 Å². The smallest absolute Gasteiger partial charge is 0.307 e. The van der Waals surface area contributed by atoms with Gasteiger partial charge in [0.1, 0.15) is 12.4 Å². The van der Waals surface area contributed by atoms with Crippen molar-refractivity contribution < 1.29 is 22.3 Å². The van der Waals surface area contributed by atoms with Gasteiger partial charge in [-0.3, -0.25) is 4.79 Å². The van der Waals surface area contributed by atoms with E-state index in [2.05, 4.69) is 4.72 Å². The van der Waals surface area contributed by atoms with Crippen LogP contribution in [0.25, 0.3) is 0 Å². The molecule has 2 rings (SSSR count). The van der Waals surface area contributed by atoms with Gasteiger partial charge in [-0.05, 0) is 29.8 Å². The summed E-state index contributed by atoms with van der Waals surface area (Å²) in [5.41, 5.74) is 0.657. The maximum absolute atomic E-state index is 12.7. The van der Waals surface area contributed by atoms with Crippen molar-refractivity contribution >= 4 is 16.0 Å². The molecule has 0 saturated heterocycles. The summed E-state index contributed by atoms with van der Waals surface area (Å²) in [7, 11) is -3.63. The Hall–Kier alpha value is -2.25. The van der Waals surface area contributed by atoms with Crippen molar-refractivity contribution in [2.45, 2.75) is 17.9 Å². The summed E-state index contributed by atoms with van der Waals surface area (Å²) >= 11 is 0. The van der Waals surface area contributed by atoms with Crippen LogP contribution in [0.3, 0.4) is 0 Å². The van der Waals surface area contributed by atoms with Gasteiger partial charge in [-0.25, -0.2) is 17.5 Å². The maximum Gasteiger partial charge on any atom is 0.307 e. The van der Waals surface area contributed by atoms with Gasteiger partial charge in [0.05, 0.1) is 11.3 Å². The Morgan fingerprint density at radius 3 is 2.35 bits per heavy atom. The Morgan fingerprint density at radius 1 is 1.04 bits per heavy atom. The summed E-state index contributed by atoms with van der Waals surface area (Å²) < 4.78 is 43.9. The van der Waals surface area contributed by atoms with E-state index in [0.717, 1.165) is 0 Å². The topological polar surface area (TPSA) is 72.5 Å². The van der Waals surface area contributed by atoms with Crippen molar-refractivity contribution in [2.24, 2.45) is 0 Å². The van der Waals surface area contributed by atoms with E-state index in [1.54, 1.807) is 18.2 Å². The maximum atomic E-state index is 12.7. The highest BCUT2D eigenvalue weighted by atomic mass is 32.2. The molecular weight excluding hydrogens is 321 g/mol. The molecule has 1 N–H and O–H groups in total. The molecule has 5 nitrogen and oxygen atoms in total. The average molecular weight is 337 g/mol. The molecule has 0 aliphatic heterocycles. The normalized spacial score (nSPS) is 11.2. The molecule has 0 saturated carbocycles. The second kappa shape index (κ2) is 7.85. The summed E-state index contributed by atoms with van der Waals surface area (Å²) in [4.78, 5) is 11.7. The predicted octanol–water partition coefficient (Wildman–Crippen LogP) is 2.24. The first kappa shape index (κ1) is 17.1. The van der Waals surface area contributed by atoms with Gasteiger partial charge in [-0.15, -0.1) is 0 Å². The zero-order valence-corrected chi connectivity index (χ0v) is 13.1. The summed E-state index contributed by atoms with van der Waals surface area (Å²) in [6, 6.07) is 13.5. The molecule has 2 aromatic rings. The zero-order chi connectivity index (χ0) is 16.7. The van der Waals surface area contributed by atoms with Gasteiger partial charge in [-0.1, -0.05) is 30.3 Å². The van der Waals surface area contributed by atoms with E-state index in [4.69, 9.17) is 4.74 Å². The Bertz CT molecular complexity index is 745. The molecule has 0 aliphatic carbocycles. The first-order valence-electron chi connectivity index (χ1n) is 6.92. The van der Waals surface area contributed by atoms with Crippen LogP contribution in [0, 0.1) is 5.82 Å². The largest absolute Gasteiger partial charge is 0.461 e. The third kappa shape index (κ3) is 5.46. The molecule has 0 unspecified atom stereocenters. The van der Waals surface area contributed by atoms with Crippen molar-refractivity contribution in [1.82, 2.24) is 4.72 Å². The first-order valence-corrected chi connectivity index (χ1v) is 8.40. The number of hydrogen-bond donors (Lipinski definition) is 1. The molecule has 0 aromatic heterocycles. The van der Waals surface area contributed by atoms with Crippen LogP contribution >= 0.6 is 0 Å². The third-order valence-corrected chi connectivity index (χ3v) is 4.46. The Labute approximate surface area is 134 Å². The van der Waals surface area contributed by atoms with Crippen LogP contribution in [0.1, 0.15) is 12.0 Å². The molecule has 7 heteroatoms. The van der Waals surface area contributed by atoms with Crippen LogP contribution in [0.2, 0.25) is 0 Å². The van der Waals surface area contributed by atoms with Gasteiger partial charge in [0, 0.05) is 6.54 Å². The summed E-state index contributed by atoms with van der Waals surface area (Å²) in [5.74, 6) is -0.902. The molecule has 23 heavy (non-hydrogen) atoms. The minimum atomic E-state index is -3.63. The Kier molecular flexibility index (Phi) is 5.84. The molecule has 0 heterocycles. The number of ether oxygens (including phenoxy) is 1. The number of halogens is 1. The van der Waals surface area contributed by atoms with E-state index >= 15 is 0 Å². The number of sulfonamides is 1. The highest BCUT2D eigenvalue weighted by molar-refractivity contribution is 7.89. The van der Waals surface area contributed by atoms with Crippen molar-refractivity contribution in [3.05, 3.63) is 66.0 Å². The minimum absolute atomic E-state index is 0.0184. The highest BCUT2D eigenvalue weighted by Crippen LogP contribution is 2.07. The zero-order valence-electron chi connectivity index (χ0n) is 12.2. The molecule has 122 valence electrons. The molecule has 0 atom stereocenters. The lowest BCUT2D eigenvalue weighted by Crippen LogP contribution is -2.26. The van der Waals surface area contributed by atoms with Gasteiger partial charge < -0.3 is 4.74 Å². The van der Waals surface area contributed by atoms with Gasteiger partial charge in [0.15, 0.2) is 0 Å². The number of carbonyl (C=O) groups is 1. The van der Waals surface area contributed by atoms with Gasteiger partial charge in [-0.2, -0.15) is 0 Å². The molecule has 0 radical (unpaired) electrons. The number of carbonyl (C=O) groups excluding carboxylic acids is 1. The van der Waals surface area contributed by atoms with E-state index in [-0.39, 0.29) is 30.3 Å². The van der Waals surface area contributed by atoms with Gasteiger partial charge >= 0.3 is 5.97 Å². The van der Waals surface area contributed by atoms with Crippen LogP contribution < -0.4 is 4.72 Å². The van der Waals surface area contributed by atoms with Crippen LogP contribution in [0.5, 0.6) is 0 Å². The quantitative estimate of drug-likeness (QED) is 0.787. The lowest BCUT2D eigenvalue weighted by molar-refractivity contribution is -0.144. The van der Waals surface area contributed by atoms with Crippen LogP contribution in [0.15, 0.2) is 59.5 Å². The van der Waals surface area contributed by atoms with Gasteiger partial charge in [0.2, 0.25) is 10.0 Å². The van der Waals surface area contributed by atoms with Gasteiger partial charge in [0.25, 0.3) is 0 Å². The molecule has 0 bridgehead atoms. The lowest BCUT2D eigenvalue weighted by atomic mass is 10.2. The SMILES string of the molecule is O=C(CCNS(=O)(=O)c1ccccc1)OCc1ccc(F)cc1. The number of rotatable bonds is 7. The highest BCUT2D eigenvalue weighted by Gasteiger charge is 2.13. The molecule has 0 fully saturated rings. The second-order valence-corrected chi connectivity index (χ2v) is 6.51. The molecule has 0 amide bonds. The van der Waals surface area contributed by atoms with E-state index in [1.807, 2.05) is 0 Å². The van der Waals surface area contributed by atoms with Crippen molar-refractivity contribution in [2.75, 3.05) is 6.54 Å². The minimum Gasteiger partial charge on any atom is -0.461 e. The molecule has 0 aliphatic rings. The summed E-state index contributed by atoms with van der Waals surface area (Å²) in [5, 5.41) is 0.